The zero-order valence-corrected chi connectivity index (χ0v) is 19.4. The summed E-state index contributed by atoms with van der Waals surface area (Å²) in [4.78, 5) is 5.80. The Morgan fingerprint density at radius 3 is 2.35 bits per heavy atom. The number of benzene rings is 2. The minimum atomic E-state index is -0.199. The van der Waals surface area contributed by atoms with Crippen LogP contribution in [0, 0.1) is 0 Å². The number of fused-ring (bicyclic) bond motifs is 3. The summed E-state index contributed by atoms with van der Waals surface area (Å²) in [5.74, 6) is 2.34. The number of phenolic OH excluding ortho intramolecular Hbond substituents is 1. The Bertz CT molecular complexity index is 1230. The second kappa shape index (κ2) is 7.85. The van der Waals surface area contributed by atoms with Crippen molar-refractivity contribution in [2.24, 2.45) is 0 Å². The minimum Gasteiger partial charge on any atom is -0.502 e. The Kier molecular flexibility index (Phi) is 5.35. The lowest BCUT2D eigenvalue weighted by molar-refractivity contribution is 0.340. The molecule has 0 aliphatic heterocycles. The summed E-state index contributed by atoms with van der Waals surface area (Å²) in [6.07, 6.45) is 0. The molecule has 8 heteroatoms. The van der Waals surface area contributed by atoms with E-state index < -0.39 is 0 Å². The van der Waals surface area contributed by atoms with E-state index in [1.54, 1.807) is 23.5 Å². The van der Waals surface area contributed by atoms with Gasteiger partial charge in [0.1, 0.15) is 17.3 Å². The summed E-state index contributed by atoms with van der Waals surface area (Å²) >= 11 is 1.60. The number of nitrogens with zero attached hydrogens (tertiary/aromatic N) is 2. The summed E-state index contributed by atoms with van der Waals surface area (Å²) in [6.45, 7) is 8.92. The molecule has 0 bridgehead atoms. The van der Waals surface area contributed by atoms with Crippen LogP contribution in [0.15, 0.2) is 30.3 Å². The standard InChI is InChI=1S/C23H27N3O4S/c1-7-30-14-8-9-15-18(12-14)31-22-24-19(21(26(15)22)25-23(2,3)4)13-10-16(28-5)20(27)17(11-13)29-6/h8-12,25,27H,7H2,1-6H3. The molecule has 7 nitrogen and oxygen atoms in total. The van der Waals surface area contributed by atoms with Gasteiger partial charge in [-0.15, -0.1) is 0 Å². The predicted octanol–water partition coefficient (Wildman–Crippen LogP) is 5.55. The Morgan fingerprint density at radius 1 is 1.10 bits per heavy atom. The van der Waals surface area contributed by atoms with Crippen molar-refractivity contribution in [2.75, 3.05) is 26.1 Å². The third-order valence-corrected chi connectivity index (χ3v) is 5.78. The van der Waals surface area contributed by atoms with Crippen molar-refractivity contribution < 1.29 is 19.3 Å². The van der Waals surface area contributed by atoms with Crippen molar-refractivity contribution in [3.63, 3.8) is 0 Å². The third-order valence-electron chi connectivity index (χ3n) is 4.78. The van der Waals surface area contributed by atoms with Gasteiger partial charge < -0.3 is 24.6 Å². The Hall–Kier alpha value is -3.13. The fourth-order valence-corrected chi connectivity index (χ4v) is 4.56. The molecular formula is C23H27N3O4S. The molecule has 31 heavy (non-hydrogen) atoms. The summed E-state index contributed by atoms with van der Waals surface area (Å²) < 4.78 is 19.6. The highest BCUT2D eigenvalue weighted by atomic mass is 32.1. The molecule has 0 saturated heterocycles. The lowest BCUT2D eigenvalue weighted by Gasteiger charge is -2.23. The predicted molar refractivity (Wildman–Crippen MR) is 125 cm³/mol. The molecule has 0 saturated carbocycles. The zero-order chi connectivity index (χ0) is 22.3. The number of hydrogen-bond acceptors (Lipinski definition) is 7. The van der Waals surface area contributed by atoms with Gasteiger partial charge in [-0.05, 0) is 58.0 Å². The van der Waals surface area contributed by atoms with E-state index in [0.717, 1.165) is 38.0 Å². The third kappa shape index (κ3) is 3.83. The molecule has 0 atom stereocenters. The molecule has 0 spiro atoms. The van der Waals surface area contributed by atoms with Crippen LogP contribution in [0.4, 0.5) is 5.82 Å². The quantitative estimate of drug-likeness (QED) is 0.409. The number of anilines is 1. The molecule has 4 rings (SSSR count). The normalized spacial score (nSPS) is 11.8. The number of methoxy groups -OCH3 is 2. The monoisotopic (exact) mass is 441 g/mol. The van der Waals surface area contributed by atoms with Gasteiger partial charge in [0.2, 0.25) is 5.75 Å². The molecule has 2 heterocycles. The number of hydrogen-bond donors (Lipinski definition) is 2. The second-order valence-corrected chi connectivity index (χ2v) is 9.21. The number of imidazole rings is 1. The second-order valence-electron chi connectivity index (χ2n) is 8.20. The molecule has 4 aromatic rings. The first-order chi connectivity index (χ1) is 14.8. The van der Waals surface area contributed by atoms with E-state index in [-0.39, 0.29) is 11.3 Å². The molecule has 0 fully saturated rings. The maximum atomic E-state index is 10.3. The van der Waals surface area contributed by atoms with Crippen LogP contribution in [0.25, 0.3) is 26.4 Å². The van der Waals surface area contributed by atoms with Crippen molar-refractivity contribution in [3.8, 4) is 34.3 Å². The highest BCUT2D eigenvalue weighted by Crippen LogP contribution is 2.44. The highest BCUT2D eigenvalue weighted by molar-refractivity contribution is 7.23. The molecule has 2 N–H and O–H groups in total. The lowest BCUT2D eigenvalue weighted by atomic mass is 10.1. The SMILES string of the molecule is CCOc1ccc2c(c1)sc1nc(-c3cc(OC)c(O)c(OC)c3)c(NC(C)(C)C)n12. The summed E-state index contributed by atoms with van der Waals surface area (Å²) in [5.41, 5.74) is 2.39. The van der Waals surface area contributed by atoms with Gasteiger partial charge in [-0.25, -0.2) is 4.98 Å². The highest BCUT2D eigenvalue weighted by Gasteiger charge is 2.24. The number of ether oxygens (including phenoxy) is 3. The van der Waals surface area contributed by atoms with Gasteiger partial charge in [0.05, 0.1) is 31.0 Å². The van der Waals surface area contributed by atoms with Gasteiger partial charge in [-0.2, -0.15) is 0 Å². The Morgan fingerprint density at radius 2 is 1.77 bits per heavy atom. The molecule has 2 aromatic heterocycles. The Balaban J connectivity index is 1.98. The van der Waals surface area contributed by atoms with Crippen LogP contribution in [0.3, 0.4) is 0 Å². The average Bonchev–Trinajstić information content (AvgIpc) is 3.23. The summed E-state index contributed by atoms with van der Waals surface area (Å²) in [6, 6.07) is 9.62. The first-order valence-electron chi connectivity index (χ1n) is 10.1. The summed E-state index contributed by atoms with van der Waals surface area (Å²) in [5, 5.41) is 13.9. The van der Waals surface area contributed by atoms with Crippen LogP contribution < -0.4 is 19.5 Å². The van der Waals surface area contributed by atoms with E-state index in [4.69, 9.17) is 19.2 Å². The van der Waals surface area contributed by atoms with Gasteiger partial charge in [-0.3, -0.25) is 4.40 Å². The van der Waals surface area contributed by atoms with Gasteiger partial charge in [0.25, 0.3) is 0 Å². The van der Waals surface area contributed by atoms with Gasteiger partial charge in [0, 0.05) is 11.1 Å². The number of aromatic hydroxyl groups is 1. The van der Waals surface area contributed by atoms with E-state index in [0.29, 0.717) is 18.1 Å². The summed E-state index contributed by atoms with van der Waals surface area (Å²) in [7, 11) is 3.03. The molecule has 0 aliphatic rings. The van der Waals surface area contributed by atoms with Crippen LogP contribution in [-0.2, 0) is 0 Å². The molecule has 164 valence electrons. The number of phenols is 1. The van der Waals surface area contributed by atoms with Crippen LogP contribution >= 0.6 is 11.3 Å². The number of rotatable bonds is 6. The van der Waals surface area contributed by atoms with Gasteiger partial charge in [0.15, 0.2) is 16.5 Å². The first-order valence-corrected chi connectivity index (χ1v) is 10.9. The molecule has 2 aromatic carbocycles. The zero-order valence-electron chi connectivity index (χ0n) is 18.6. The Labute approximate surface area is 185 Å². The van der Waals surface area contributed by atoms with E-state index >= 15 is 0 Å². The fraction of sp³-hybridized carbons (Fsp3) is 0.348. The van der Waals surface area contributed by atoms with Crippen molar-refractivity contribution in [1.82, 2.24) is 9.38 Å². The van der Waals surface area contributed by atoms with Crippen molar-refractivity contribution in [1.29, 1.82) is 0 Å². The first kappa shape index (κ1) is 21.1. The maximum Gasteiger partial charge on any atom is 0.200 e. The van der Waals surface area contributed by atoms with E-state index in [9.17, 15) is 5.11 Å². The van der Waals surface area contributed by atoms with Crippen molar-refractivity contribution in [2.45, 2.75) is 33.2 Å². The van der Waals surface area contributed by atoms with Crippen LogP contribution in [0.5, 0.6) is 23.0 Å². The number of thiazole rings is 1. The lowest BCUT2D eigenvalue weighted by Crippen LogP contribution is -2.27. The van der Waals surface area contributed by atoms with Crippen LogP contribution in [-0.4, -0.2) is 40.9 Å². The maximum absolute atomic E-state index is 10.3. The molecule has 0 radical (unpaired) electrons. The van der Waals surface area contributed by atoms with Crippen molar-refractivity contribution in [3.05, 3.63) is 30.3 Å². The average molecular weight is 442 g/mol. The fourth-order valence-electron chi connectivity index (χ4n) is 3.51. The van der Waals surface area contributed by atoms with E-state index in [1.807, 2.05) is 19.1 Å². The molecule has 0 amide bonds. The minimum absolute atomic E-state index is 0.0333. The van der Waals surface area contributed by atoms with E-state index in [1.165, 1.54) is 14.2 Å². The van der Waals surface area contributed by atoms with Gasteiger partial charge in [-0.1, -0.05) is 11.3 Å². The van der Waals surface area contributed by atoms with Crippen LogP contribution in [0.2, 0.25) is 0 Å². The largest absolute Gasteiger partial charge is 0.502 e. The van der Waals surface area contributed by atoms with Crippen LogP contribution in [0.1, 0.15) is 27.7 Å². The van der Waals surface area contributed by atoms with E-state index in [2.05, 4.69) is 36.6 Å². The number of nitrogens with one attached hydrogen (secondary N) is 1. The number of aromatic nitrogens is 2. The topological polar surface area (TPSA) is 77.2 Å². The molecule has 0 unspecified atom stereocenters. The van der Waals surface area contributed by atoms with Crippen molar-refractivity contribution >= 4 is 32.3 Å². The molecule has 0 aliphatic carbocycles. The van der Waals surface area contributed by atoms with Gasteiger partial charge >= 0.3 is 0 Å². The molecular weight excluding hydrogens is 414 g/mol. The smallest absolute Gasteiger partial charge is 0.200 e.